The molecule has 0 radical (unpaired) electrons. The highest BCUT2D eigenvalue weighted by Crippen LogP contribution is 2.27. The SMILES string of the molecule is C=CC(C)(CCCC1CCCO1)C(=O)O. The van der Waals surface area contributed by atoms with Gasteiger partial charge in [-0.1, -0.05) is 6.08 Å². The zero-order chi connectivity index (χ0) is 11.3. The van der Waals surface area contributed by atoms with Gasteiger partial charge in [-0.15, -0.1) is 6.58 Å². The van der Waals surface area contributed by atoms with Crippen molar-refractivity contribution in [3.05, 3.63) is 12.7 Å². The molecule has 1 aliphatic heterocycles. The van der Waals surface area contributed by atoms with Crippen molar-refractivity contribution in [1.82, 2.24) is 0 Å². The molecule has 1 rings (SSSR count). The van der Waals surface area contributed by atoms with E-state index in [0.717, 1.165) is 32.3 Å². The molecular formula is C12H20O3. The van der Waals surface area contributed by atoms with Gasteiger partial charge in [0.05, 0.1) is 11.5 Å². The Bertz CT molecular complexity index is 231. The Balaban J connectivity index is 2.28. The fraction of sp³-hybridized carbons (Fsp3) is 0.750. The van der Waals surface area contributed by atoms with Gasteiger partial charge in [-0.3, -0.25) is 4.79 Å². The standard InChI is InChI=1S/C12H20O3/c1-3-12(2,11(13)14)8-4-6-10-7-5-9-15-10/h3,10H,1,4-9H2,2H3,(H,13,14). The molecule has 1 heterocycles. The minimum Gasteiger partial charge on any atom is -0.481 e. The van der Waals surface area contributed by atoms with Crippen LogP contribution in [-0.4, -0.2) is 23.8 Å². The smallest absolute Gasteiger partial charge is 0.313 e. The highest BCUT2D eigenvalue weighted by atomic mass is 16.5. The number of hydrogen-bond donors (Lipinski definition) is 1. The van der Waals surface area contributed by atoms with E-state index in [9.17, 15) is 4.79 Å². The molecule has 1 saturated heterocycles. The average Bonchev–Trinajstić information content (AvgIpc) is 2.70. The monoisotopic (exact) mass is 212 g/mol. The normalized spacial score (nSPS) is 24.7. The molecule has 3 heteroatoms. The van der Waals surface area contributed by atoms with Crippen LogP contribution in [0.3, 0.4) is 0 Å². The third-order valence-electron chi connectivity index (χ3n) is 3.19. The maximum atomic E-state index is 11.0. The molecule has 1 fully saturated rings. The summed E-state index contributed by atoms with van der Waals surface area (Å²) < 4.78 is 5.49. The zero-order valence-corrected chi connectivity index (χ0v) is 9.37. The Hall–Kier alpha value is -0.830. The summed E-state index contributed by atoms with van der Waals surface area (Å²) in [4.78, 5) is 11.0. The lowest BCUT2D eigenvalue weighted by molar-refractivity contribution is -0.145. The quantitative estimate of drug-likeness (QED) is 0.688. The third-order valence-corrected chi connectivity index (χ3v) is 3.19. The van der Waals surface area contributed by atoms with E-state index in [2.05, 4.69) is 6.58 Å². The second-order valence-corrected chi connectivity index (χ2v) is 4.45. The van der Waals surface area contributed by atoms with Crippen molar-refractivity contribution < 1.29 is 14.6 Å². The van der Waals surface area contributed by atoms with Crippen LogP contribution in [0.5, 0.6) is 0 Å². The number of carbonyl (C=O) groups is 1. The summed E-state index contributed by atoms with van der Waals surface area (Å²) in [5.74, 6) is -0.787. The molecule has 0 aliphatic carbocycles. The Labute approximate surface area is 91.1 Å². The average molecular weight is 212 g/mol. The van der Waals surface area contributed by atoms with Gasteiger partial charge in [-0.05, 0) is 39.0 Å². The number of ether oxygens (including phenoxy) is 1. The maximum Gasteiger partial charge on any atom is 0.313 e. The molecule has 0 saturated carbocycles. The van der Waals surface area contributed by atoms with E-state index in [1.54, 1.807) is 6.92 Å². The van der Waals surface area contributed by atoms with Crippen LogP contribution >= 0.6 is 0 Å². The van der Waals surface area contributed by atoms with Crippen molar-refractivity contribution >= 4 is 5.97 Å². The summed E-state index contributed by atoms with van der Waals surface area (Å²) in [6.45, 7) is 6.18. The first kappa shape index (κ1) is 12.2. The Kier molecular flexibility index (Phi) is 4.33. The van der Waals surface area contributed by atoms with Crippen molar-refractivity contribution in [3.63, 3.8) is 0 Å². The van der Waals surface area contributed by atoms with Crippen LogP contribution in [0.15, 0.2) is 12.7 Å². The molecule has 1 N–H and O–H groups in total. The van der Waals surface area contributed by atoms with Crippen LogP contribution in [0.4, 0.5) is 0 Å². The van der Waals surface area contributed by atoms with Gasteiger partial charge in [0.25, 0.3) is 0 Å². The van der Waals surface area contributed by atoms with E-state index in [4.69, 9.17) is 9.84 Å². The molecule has 1 aliphatic rings. The van der Waals surface area contributed by atoms with Crippen LogP contribution < -0.4 is 0 Å². The first-order valence-electron chi connectivity index (χ1n) is 5.57. The molecule has 0 aromatic carbocycles. The van der Waals surface area contributed by atoms with Gasteiger partial charge in [-0.25, -0.2) is 0 Å². The lowest BCUT2D eigenvalue weighted by atomic mass is 9.84. The summed E-state index contributed by atoms with van der Waals surface area (Å²) in [6.07, 6.45) is 6.65. The van der Waals surface area contributed by atoms with Crippen molar-refractivity contribution in [2.24, 2.45) is 5.41 Å². The predicted molar refractivity (Wildman–Crippen MR) is 58.8 cm³/mol. The molecule has 0 amide bonds. The molecule has 15 heavy (non-hydrogen) atoms. The number of hydrogen-bond acceptors (Lipinski definition) is 2. The van der Waals surface area contributed by atoms with Crippen molar-refractivity contribution in [1.29, 1.82) is 0 Å². The highest BCUT2D eigenvalue weighted by Gasteiger charge is 2.29. The van der Waals surface area contributed by atoms with Crippen LogP contribution in [-0.2, 0) is 9.53 Å². The molecule has 86 valence electrons. The van der Waals surface area contributed by atoms with Gasteiger partial charge in [-0.2, -0.15) is 0 Å². The Morgan fingerprint density at radius 1 is 1.73 bits per heavy atom. The van der Waals surface area contributed by atoms with Crippen LogP contribution in [0, 0.1) is 5.41 Å². The predicted octanol–water partition coefficient (Wildman–Crippen LogP) is 2.61. The van der Waals surface area contributed by atoms with Gasteiger partial charge < -0.3 is 9.84 Å². The molecular weight excluding hydrogens is 192 g/mol. The summed E-state index contributed by atoms with van der Waals surface area (Å²) in [5, 5.41) is 9.02. The summed E-state index contributed by atoms with van der Waals surface area (Å²) in [5.41, 5.74) is -0.779. The van der Waals surface area contributed by atoms with E-state index in [-0.39, 0.29) is 0 Å². The largest absolute Gasteiger partial charge is 0.481 e. The minimum atomic E-state index is -0.787. The number of rotatable bonds is 6. The Morgan fingerprint density at radius 2 is 2.47 bits per heavy atom. The van der Waals surface area contributed by atoms with Gasteiger partial charge in [0.2, 0.25) is 0 Å². The van der Waals surface area contributed by atoms with E-state index in [0.29, 0.717) is 12.5 Å². The van der Waals surface area contributed by atoms with Gasteiger partial charge in [0.15, 0.2) is 0 Å². The minimum absolute atomic E-state index is 0.355. The second-order valence-electron chi connectivity index (χ2n) is 4.45. The van der Waals surface area contributed by atoms with E-state index in [1.165, 1.54) is 6.08 Å². The third kappa shape index (κ3) is 3.34. The van der Waals surface area contributed by atoms with E-state index >= 15 is 0 Å². The van der Waals surface area contributed by atoms with Crippen LogP contribution in [0.25, 0.3) is 0 Å². The van der Waals surface area contributed by atoms with Gasteiger partial charge >= 0.3 is 5.97 Å². The van der Waals surface area contributed by atoms with Crippen LogP contribution in [0.1, 0.15) is 39.0 Å². The number of carboxylic acids is 1. The molecule has 2 unspecified atom stereocenters. The van der Waals surface area contributed by atoms with Gasteiger partial charge in [0.1, 0.15) is 0 Å². The summed E-state index contributed by atoms with van der Waals surface area (Å²) in [7, 11) is 0. The lowest BCUT2D eigenvalue weighted by Gasteiger charge is -2.20. The maximum absolute atomic E-state index is 11.0. The zero-order valence-electron chi connectivity index (χ0n) is 9.37. The summed E-state index contributed by atoms with van der Waals surface area (Å²) >= 11 is 0. The number of carboxylic acid groups (broad SMARTS) is 1. The van der Waals surface area contributed by atoms with Crippen molar-refractivity contribution in [2.45, 2.75) is 45.1 Å². The van der Waals surface area contributed by atoms with Crippen molar-refractivity contribution in [2.75, 3.05) is 6.61 Å². The molecule has 0 spiro atoms. The fourth-order valence-electron chi connectivity index (χ4n) is 1.87. The first-order chi connectivity index (χ1) is 7.08. The molecule has 0 aromatic heterocycles. The Morgan fingerprint density at radius 3 is 2.93 bits per heavy atom. The summed E-state index contributed by atoms with van der Waals surface area (Å²) in [6, 6.07) is 0. The molecule has 0 aromatic rings. The molecule has 2 atom stereocenters. The van der Waals surface area contributed by atoms with Crippen LogP contribution in [0.2, 0.25) is 0 Å². The molecule has 3 nitrogen and oxygen atoms in total. The topological polar surface area (TPSA) is 46.5 Å². The van der Waals surface area contributed by atoms with E-state index < -0.39 is 11.4 Å². The first-order valence-corrected chi connectivity index (χ1v) is 5.57. The second kappa shape index (κ2) is 5.31. The number of aliphatic carboxylic acids is 1. The van der Waals surface area contributed by atoms with E-state index in [1.807, 2.05) is 0 Å². The lowest BCUT2D eigenvalue weighted by Crippen LogP contribution is -2.25. The van der Waals surface area contributed by atoms with Gasteiger partial charge in [0, 0.05) is 6.61 Å². The molecule has 0 bridgehead atoms. The van der Waals surface area contributed by atoms with Crippen molar-refractivity contribution in [3.8, 4) is 0 Å². The fourth-order valence-corrected chi connectivity index (χ4v) is 1.87. The highest BCUT2D eigenvalue weighted by molar-refractivity contribution is 5.76.